The third kappa shape index (κ3) is 849. The van der Waals surface area contributed by atoms with Gasteiger partial charge in [0.1, 0.15) is 0 Å². The number of carboxylic acid groups (broad SMARTS) is 1. The molecule has 0 spiro atoms. The van der Waals surface area contributed by atoms with Gasteiger partial charge in [-0.25, -0.2) is 0 Å². The van der Waals surface area contributed by atoms with Crippen LogP contribution >= 0.6 is 0 Å². The van der Waals surface area contributed by atoms with Gasteiger partial charge in [-0.05, 0) is 0 Å². The van der Waals surface area contributed by atoms with E-state index in [4.69, 9.17) is 25.0 Å². The first-order valence-corrected chi connectivity index (χ1v) is 1.70. The van der Waals surface area contributed by atoms with Crippen LogP contribution in [0.2, 0.25) is 0 Å². The third-order valence-electron chi connectivity index (χ3n) is 0. The maximum atomic E-state index is 9.00. The van der Waals surface area contributed by atoms with Crippen LogP contribution in [0.5, 0.6) is 0 Å². The summed E-state index contributed by atoms with van der Waals surface area (Å²) in [5.74, 6) is -0.833. The Kier molecular flexibility index (Phi) is 20.8. The molecular formula is C2H9BCaO5. The molecule has 0 unspecified atom stereocenters. The van der Waals surface area contributed by atoms with E-state index >= 15 is 0 Å². The molecule has 0 bridgehead atoms. The summed E-state index contributed by atoms with van der Waals surface area (Å²) in [5.41, 5.74) is 0. The predicted octanol–water partition coefficient (Wildman–Crippen LogP) is -2.88. The summed E-state index contributed by atoms with van der Waals surface area (Å²) in [7, 11) is -2.17. The molecule has 7 heteroatoms. The zero-order chi connectivity index (χ0) is 7.15. The van der Waals surface area contributed by atoms with E-state index in [1.54, 1.807) is 0 Å². The molecule has 0 rings (SSSR count). The Labute approximate surface area is 82.5 Å². The molecule has 0 aromatic heterocycles. The summed E-state index contributed by atoms with van der Waals surface area (Å²) in [6.07, 6.45) is 0. The van der Waals surface area contributed by atoms with Gasteiger partial charge in [0.15, 0.2) is 0 Å². The average Bonchev–Trinajstić information content (AvgIpc) is 1.25. The molecule has 0 saturated carbocycles. The number of carboxylic acids is 1. The van der Waals surface area contributed by atoms with Gasteiger partial charge >= 0.3 is 45.1 Å². The van der Waals surface area contributed by atoms with Gasteiger partial charge in [0.05, 0.1) is 0 Å². The van der Waals surface area contributed by atoms with Gasteiger partial charge in [-0.2, -0.15) is 0 Å². The Hall–Kier alpha value is 0.675. The van der Waals surface area contributed by atoms with Gasteiger partial charge in [0.25, 0.3) is 5.97 Å². The van der Waals surface area contributed by atoms with Gasteiger partial charge < -0.3 is 20.2 Å². The molecule has 0 fully saturated rings. The van der Waals surface area contributed by atoms with Crippen molar-refractivity contribution in [2.45, 2.75) is 6.92 Å². The summed E-state index contributed by atoms with van der Waals surface area (Å²) in [6, 6.07) is 0. The van der Waals surface area contributed by atoms with E-state index in [-0.39, 0.29) is 37.7 Å². The van der Waals surface area contributed by atoms with Gasteiger partial charge in [-0.1, -0.05) is 0 Å². The molecule has 0 aliphatic rings. The van der Waals surface area contributed by atoms with Crippen molar-refractivity contribution in [2.24, 2.45) is 0 Å². The Morgan fingerprint density at radius 3 is 1.33 bits per heavy atom. The molecule has 0 amide bonds. The van der Waals surface area contributed by atoms with Crippen molar-refractivity contribution in [2.75, 3.05) is 0 Å². The molecule has 0 atom stereocenters. The van der Waals surface area contributed by atoms with Gasteiger partial charge in [0, 0.05) is 6.92 Å². The van der Waals surface area contributed by atoms with E-state index in [0.29, 0.717) is 0 Å². The molecule has 0 heterocycles. The fourth-order valence-electron chi connectivity index (χ4n) is 0. The second-order valence-electron chi connectivity index (χ2n) is 0.865. The molecular weight excluding hydrogens is 155 g/mol. The van der Waals surface area contributed by atoms with E-state index < -0.39 is 13.3 Å². The molecule has 0 aromatic rings. The van der Waals surface area contributed by atoms with Gasteiger partial charge in [0.2, 0.25) is 0 Å². The van der Waals surface area contributed by atoms with Crippen LogP contribution < -0.4 is 0 Å². The molecule has 0 radical (unpaired) electrons. The topological polar surface area (TPSA) is 98.0 Å². The normalized spacial score (nSPS) is 5.78. The number of rotatable bonds is 0. The van der Waals surface area contributed by atoms with Crippen LogP contribution in [-0.2, 0) is 4.79 Å². The van der Waals surface area contributed by atoms with Gasteiger partial charge in [-0.3, -0.25) is 4.79 Å². The molecule has 0 aliphatic heterocycles. The molecule has 0 aliphatic carbocycles. The van der Waals surface area contributed by atoms with Crippen molar-refractivity contribution >= 4 is 51.0 Å². The minimum atomic E-state index is -2.17. The summed E-state index contributed by atoms with van der Waals surface area (Å²) >= 11 is 0. The van der Waals surface area contributed by atoms with Crippen molar-refractivity contribution < 1.29 is 25.0 Å². The molecule has 5 nitrogen and oxygen atoms in total. The van der Waals surface area contributed by atoms with Crippen LogP contribution in [0.4, 0.5) is 0 Å². The Bertz CT molecular complexity index is 59.2. The van der Waals surface area contributed by atoms with E-state index in [1.165, 1.54) is 0 Å². The van der Waals surface area contributed by atoms with Crippen molar-refractivity contribution in [3.05, 3.63) is 0 Å². The molecule has 4 N–H and O–H groups in total. The SMILES string of the molecule is CC(=O)O.OB(O)O.[CaH2]. The number of aliphatic carboxylic acids is 1. The standard InChI is InChI=1S/C2H4O2.BH3O3.Ca.2H/c1-2(3)4;2-1(3)4;;;/h1H3,(H,3,4);2-4H;;;. The predicted molar refractivity (Wildman–Crippen MR) is 34.3 cm³/mol. The molecule has 0 aromatic carbocycles. The second-order valence-corrected chi connectivity index (χ2v) is 0.865. The average molecular weight is 164 g/mol. The van der Waals surface area contributed by atoms with E-state index in [2.05, 4.69) is 0 Å². The summed E-state index contributed by atoms with van der Waals surface area (Å²) in [4.78, 5) is 9.00. The van der Waals surface area contributed by atoms with Crippen molar-refractivity contribution in [3.63, 3.8) is 0 Å². The first-order chi connectivity index (χ1) is 3.46. The Morgan fingerprint density at radius 1 is 1.33 bits per heavy atom. The Balaban J connectivity index is -0.0000000720. The molecule has 9 heavy (non-hydrogen) atoms. The van der Waals surface area contributed by atoms with Crippen molar-refractivity contribution in [1.82, 2.24) is 0 Å². The van der Waals surface area contributed by atoms with Crippen LogP contribution in [0, 0.1) is 0 Å². The van der Waals surface area contributed by atoms with Crippen LogP contribution in [-0.4, -0.2) is 71.2 Å². The number of carbonyl (C=O) groups is 1. The fourth-order valence-corrected chi connectivity index (χ4v) is 0. The van der Waals surface area contributed by atoms with Crippen molar-refractivity contribution in [1.29, 1.82) is 0 Å². The Morgan fingerprint density at radius 2 is 1.33 bits per heavy atom. The van der Waals surface area contributed by atoms with Crippen LogP contribution in [0.3, 0.4) is 0 Å². The van der Waals surface area contributed by atoms with Crippen LogP contribution in [0.25, 0.3) is 0 Å². The zero-order valence-corrected chi connectivity index (χ0v) is 4.27. The summed E-state index contributed by atoms with van der Waals surface area (Å²) in [5, 5.41) is 28.9. The zero-order valence-electron chi connectivity index (χ0n) is 4.27. The van der Waals surface area contributed by atoms with Gasteiger partial charge in [-0.15, -0.1) is 0 Å². The monoisotopic (exact) mass is 164 g/mol. The number of hydrogen-bond donors (Lipinski definition) is 4. The summed E-state index contributed by atoms with van der Waals surface area (Å²) in [6.45, 7) is 1.08. The fraction of sp³-hybridized carbons (Fsp3) is 0.500. The minimum absolute atomic E-state index is 0. The third-order valence-corrected chi connectivity index (χ3v) is 0. The first-order valence-electron chi connectivity index (χ1n) is 1.70. The van der Waals surface area contributed by atoms with E-state index in [0.717, 1.165) is 6.92 Å². The van der Waals surface area contributed by atoms with Crippen LogP contribution in [0.1, 0.15) is 6.92 Å². The second kappa shape index (κ2) is 11.5. The first kappa shape index (κ1) is 16.3. The van der Waals surface area contributed by atoms with Crippen molar-refractivity contribution in [3.8, 4) is 0 Å². The number of hydrogen-bond acceptors (Lipinski definition) is 4. The quantitative estimate of drug-likeness (QED) is 0.288. The summed E-state index contributed by atoms with van der Waals surface area (Å²) < 4.78 is 0. The van der Waals surface area contributed by atoms with E-state index in [1.807, 2.05) is 0 Å². The van der Waals surface area contributed by atoms with E-state index in [9.17, 15) is 0 Å². The molecule has 0 saturated heterocycles. The van der Waals surface area contributed by atoms with Crippen LogP contribution in [0.15, 0.2) is 0 Å². The maximum absolute atomic E-state index is 9.00. The molecule has 52 valence electrons.